The zero-order valence-corrected chi connectivity index (χ0v) is 12.7. The summed E-state index contributed by atoms with van der Waals surface area (Å²) in [7, 11) is 0. The summed E-state index contributed by atoms with van der Waals surface area (Å²) >= 11 is 3.48. The number of hydrogen-bond acceptors (Lipinski definition) is 2. The molecule has 3 heteroatoms. The van der Waals surface area contributed by atoms with Gasteiger partial charge in [0.05, 0.1) is 6.61 Å². The van der Waals surface area contributed by atoms with E-state index in [4.69, 9.17) is 10.5 Å². The van der Waals surface area contributed by atoms with Crippen LogP contribution in [0.1, 0.15) is 38.3 Å². The zero-order valence-electron chi connectivity index (χ0n) is 11.1. The van der Waals surface area contributed by atoms with Crippen LogP contribution in [-0.4, -0.2) is 6.61 Å². The molecule has 0 radical (unpaired) electrons. The first-order valence-electron chi connectivity index (χ1n) is 5.95. The average Bonchev–Trinajstić information content (AvgIpc) is 2.18. The molecule has 0 bridgehead atoms. The largest absolute Gasteiger partial charge is 0.493 e. The van der Waals surface area contributed by atoms with Gasteiger partial charge in [0.15, 0.2) is 0 Å². The van der Waals surface area contributed by atoms with E-state index in [1.807, 2.05) is 6.07 Å². The minimum Gasteiger partial charge on any atom is -0.493 e. The Morgan fingerprint density at radius 2 is 1.94 bits per heavy atom. The number of nitrogens with two attached hydrogens (primary N) is 1. The molecule has 0 atom stereocenters. The smallest absolute Gasteiger partial charge is 0.126 e. The molecule has 0 aliphatic rings. The lowest BCUT2D eigenvalue weighted by atomic mass is 9.93. The highest BCUT2D eigenvalue weighted by molar-refractivity contribution is 9.10. The Balaban J connectivity index is 2.76. The number of benzene rings is 1. The van der Waals surface area contributed by atoms with Crippen molar-refractivity contribution < 1.29 is 4.74 Å². The highest BCUT2D eigenvalue weighted by Gasteiger charge is 2.12. The molecule has 2 nitrogen and oxygen atoms in total. The standard InChI is InChI=1S/C14H22BrNO/c1-10-7-12(15)8-11(9-16)13(10)17-6-5-14(2,3)4/h7-8H,5-6,9,16H2,1-4H3. The van der Waals surface area contributed by atoms with E-state index < -0.39 is 0 Å². The molecule has 0 fully saturated rings. The number of hydrogen-bond donors (Lipinski definition) is 1. The summed E-state index contributed by atoms with van der Waals surface area (Å²) in [5.41, 5.74) is 8.24. The molecular formula is C14H22BrNO. The maximum absolute atomic E-state index is 5.89. The predicted octanol–water partition coefficient (Wildman–Crippen LogP) is 4.03. The highest BCUT2D eigenvalue weighted by atomic mass is 79.9. The molecule has 0 unspecified atom stereocenters. The van der Waals surface area contributed by atoms with Crippen LogP contribution in [0.25, 0.3) is 0 Å². The maximum Gasteiger partial charge on any atom is 0.126 e. The Kier molecular flexibility index (Phi) is 5.02. The Labute approximate surface area is 113 Å². The van der Waals surface area contributed by atoms with Gasteiger partial charge >= 0.3 is 0 Å². The first-order chi connectivity index (χ1) is 7.83. The lowest BCUT2D eigenvalue weighted by molar-refractivity contribution is 0.240. The van der Waals surface area contributed by atoms with Gasteiger partial charge in [-0.3, -0.25) is 0 Å². The Morgan fingerprint density at radius 1 is 1.29 bits per heavy atom. The zero-order chi connectivity index (χ0) is 13.1. The normalized spacial score (nSPS) is 11.6. The quantitative estimate of drug-likeness (QED) is 0.911. The summed E-state index contributed by atoms with van der Waals surface area (Å²) in [4.78, 5) is 0. The second-order valence-electron chi connectivity index (χ2n) is 5.57. The van der Waals surface area contributed by atoms with Crippen molar-refractivity contribution in [1.29, 1.82) is 0 Å². The van der Waals surface area contributed by atoms with Gasteiger partial charge in [0.25, 0.3) is 0 Å². The van der Waals surface area contributed by atoms with Crippen LogP contribution in [-0.2, 0) is 6.54 Å². The van der Waals surface area contributed by atoms with Crippen molar-refractivity contribution in [3.05, 3.63) is 27.7 Å². The van der Waals surface area contributed by atoms with E-state index in [0.717, 1.165) is 34.4 Å². The molecule has 0 spiro atoms. The summed E-state index contributed by atoms with van der Waals surface area (Å²) in [6.45, 7) is 9.94. The van der Waals surface area contributed by atoms with Gasteiger partial charge in [-0.25, -0.2) is 0 Å². The molecule has 1 aromatic carbocycles. The van der Waals surface area contributed by atoms with Gasteiger partial charge in [0.1, 0.15) is 5.75 Å². The Bertz CT molecular complexity index is 383. The van der Waals surface area contributed by atoms with Crippen molar-refractivity contribution in [3.63, 3.8) is 0 Å². The molecule has 0 saturated heterocycles. The molecule has 0 saturated carbocycles. The third-order valence-corrected chi connectivity index (χ3v) is 3.09. The number of ether oxygens (including phenoxy) is 1. The topological polar surface area (TPSA) is 35.2 Å². The lowest BCUT2D eigenvalue weighted by Gasteiger charge is -2.20. The van der Waals surface area contributed by atoms with Crippen LogP contribution >= 0.6 is 15.9 Å². The van der Waals surface area contributed by atoms with E-state index in [-0.39, 0.29) is 0 Å². The van der Waals surface area contributed by atoms with E-state index in [9.17, 15) is 0 Å². The van der Waals surface area contributed by atoms with Gasteiger partial charge < -0.3 is 10.5 Å². The van der Waals surface area contributed by atoms with Gasteiger partial charge in [-0.05, 0) is 36.5 Å². The molecule has 17 heavy (non-hydrogen) atoms. The number of aryl methyl sites for hydroxylation is 1. The number of rotatable bonds is 4. The van der Waals surface area contributed by atoms with E-state index >= 15 is 0 Å². The Hall–Kier alpha value is -0.540. The third kappa shape index (κ3) is 4.68. The predicted molar refractivity (Wildman–Crippen MR) is 76.3 cm³/mol. The fourth-order valence-electron chi connectivity index (χ4n) is 1.62. The molecule has 1 rings (SSSR count). The van der Waals surface area contributed by atoms with Crippen LogP contribution in [0.15, 0.2) is 16.6 Å². The minimum atomic E-state index is 0.298. The second-order valence-corrected chi connectivity index (χ2v) is 6.49. The van der Waals surface area contributed by atoms with Crippen LogP contribution in [0.2, 0.25) is 0 Å². The fourth-order valence-corrected chi connectivity index (χ4v) is 2.24. The minimum absolute atomic E-state index is 0.298. The van der Waals surface area contributed by atoms with Crippen molar-refractivity contribution in [2.45, 2.75) is 40.7 Å². The van der Waals surface area contributed by atoms with Crippen molar-refractivity contribution in [2.24, 2.45) is 11.1 Å². The highest BCUT2D eigenvalue weighted by Crippen LogP contribution is 2.28. The van der Waals surface area contributed by atoms with Gasteiger partial charge in [-0.2, -0.15) is 0 Å². The molecule has 0 heterocycles. The first kappa shape index (κ1) is 14.5. The second kappa shape index (κ2) is 5.87. The summed E-state index contributed by atoms with van der Waals surface area (Å²) in [5.74, 6) is 0.944. The van der Waals surface area contributed by atoms with Gasteiger partial charge in [0.2, 0.25) is 0 Å². The molecule has 0 aromatic heterocycles. The number of halogens is 1. The molecule has 0 amide bonds. The Morgan fingerprint density at radius 3 is 2.47 bits per heavy atom. The molecule has 0 aliphatic heterocycles. The van der Waals surface area contributed by atoms with Crippen LogP contribution in [0.3, 0.4) is 0 Å². The van der Waals surface area contributed by atoms with E-state index in [2.05, 4.69) is 49.7 Å². The lowest BCUT2D eigenvalue weighted by Crippen LogP contribution is -2.13. The molecular weight excluding hydrogens is 278 g/mol. The molecule has 0 aliphatic carbocycles. The van der Waals surface area contributed by atoms with Crippen LogP contribution in [0, 0.1) is 12.3 Å². The summed E-state index contributed by atoms with van der Waals surface area (Å²) in [6, 6.07) is 4.09. The van der Waals surface area contributed by atoms with Crippen LogP contribution in [0.5, 0.6) is 5.75 Å². The molecule has 96 valence electrons. The summed E-state index contributed by atoms with van der Waals surface area (Å²) in [5, 5.41) is 0. The summed E-state index contributed by atoms with van der Waals surface area (Å²) in [6.07, 6.45) is 1.03. The fraction of sp³-hybridized carbons (Fsp3) is 0.571. The van der Waals surface area contributed by atoms with Crippen molar-refractivity contribution in [1.82, 2.24) is 0 Å². The molecule has 1 aromatic rings. The maximum atomic E-state index is 5.89. The van der Waals surface area contributed by atoms with Gasteiger partial charge in [-0.15, -0.1) is 0 Å². The van der Waals surface area contributed by atoms with E-state index in [1.165, 1.54) is 0 Å². The van der Waals surface area contributed by atoms with E-state index in [0.29, 0.717) is 12.0 Å². The average molecular weight is 300 g/mol. The monoisotopic (exact) mass is 299 g/mol. The third-order valence-electron chi connectivity index (χ3n) is 2.63. The van der Waals surface area contributed by atoms with Crippen molar-refractivity contribution in [2.75, 3.05) is 6.61 Å². The van der Waals surface area contributed by atoms with Gasteiger partial charge in [-0.1, -0.05) is 36.7 Å². The summed E-state index contributed by atoms with van der Waals surface area (Å²) < 4.78 is 6.94. The van der Waals surface area contributed by atoms with Crippen molar-refractivity contribution in [3.8, 4) is 5.75 Å². The van der Waals surface area contributed by atoms with Crippen LogP contribution < -0.4 is 10.5 Å². The van der Waals surface area contributed by atoms with Gasteiger partial charge in [0, 0.05) is 16.6 Å². The van der Waals surface area contributed by atoms with Crippen molar-refractivity contribution >= 4 is 15.9 Å². The molecule has 2 N–H and O–H groups in total. The first-order valence-corrected chi connectivity index (χ1v) is 6.74. The van der Waals surface area contributed by atoms with E-state index in [1.54, 1.807) is 0 Å². The SMILES string of the molecule is Cc1cc(Br)cc(CN)c1OCCC(C)(C)C. The van der Waals surface area contributed by atoms with Crippen LogP contribution in [0.4, 0.5) is 0 Å².